The van der Waals surface area contributed by atoms with Crippen LogP contribution in [0.2, 0.25) is 0 Å². The first-order valence-electron chi connectivity index (χ1n) is 8.41. The lowest BCUT2D eigenvalue weighted by Gasteiger charge is -2.41. The van der Waals surface area contributed by atoms with Crippen LogP contribution < -0.4 is 4.72 Å². The maximum atomic E-state index is 12.4. The lowest BCUT2D eigenvalue weighted by molar-refractivity contribution is 0.126. The molecule has 0 radical (unpaired) electrons. The van der Waals surface area contributed by atoms with E-state index in [4.69, 9.17) is 0 Å². The molecule has 8 nitrogen and oxygen atoms in total. The van der Waals surface area contributed by atoms with Gasteiger partial charge >= 0.3 is 6.03 Å². The highest BCUT2D eigenvalue weighted by atomic mass is 32.2. The summed E-state index contributed by atoms with van der Waals surface area (Å²) in [6, 6.07) is -0.565. The highest BCUT2D eigenvalue weighted by molar-refractivity contribution is 7.91. The van der Waals surface area contributed by atoms with Gasteiger partial charge in [0.1, 0.15) is 5.25 Å². The van der Waals surface area contributed by atoms with Crippen LogP contribution in [0, 0.1) is 0 Å². The fourth-order valence-electron chi connectivity index (χ4n) is 3.62. The number of hydrogen-bond donors (Lipinski definition) is 1. The van der Waals surface area contributed by atoms with Crippen LogP contribution in [0.5, 0.6) is 0 Å². The van der Waals surface area contributed by atoms with Crippen LogP contribution in [-0.2, 0) is 19.9 Å². The lowest BCUT2D eigenvalue weighted by atomic mass is 10.2. The number of rotatable bonds is 4. The summed E-state index contributed by atoms with van der Waals surface area (Å²) in [5.74, 6) is 0.103. The Balaban J connectivity index is 1.51. The van der Waals surface area contributed by atoms with Gasteiger partial charge in [-0.2, -0.15) is 0 Å². The molecule has 1 N–H and O–H groups in total. The second-order valence-corrected chi connectivity index (χ2v) is 11.3. The van der Waals surface area contributed by atoms with Gasteiger partial charge in [0.15, 0.2) is 9.84 Å². The quantitative estimate of drug-likeness (QED) is 0.727. The van der Waals surface area contributed by atoms with E-state index in [0.29, 0.717) is 6.42 Å². The topological polar surface area (TPSA) is 104 Å². The molecule has 2 saturated heterocycles. The average molecular weight is 380 g/mol. The summed E-state index contributed by atoms with van der Waals surface area (Å²) in [5.41, 5.74) is 0. The number of urea groups is 1. The number of sulfone groups is 1. The van der Waals surface area contributed by atoms with E-state index in [2.05, 4.69) is 4.72 Å². The molecule has 3 fully saturated rings. The van der Waals surface area contributed by atoms with E-state index < -0.39 is 25.1 Å². The van der Waals surface area contributed by atoms with Crippen molar-refractivity contribution in [1.29, 1.82) is 0 Å². The number of amides is 2. The van der Waals surface area contributed by atoms with Gasteiger partial charge in [-0.25, -0.2) is 26.4 Å². The molecular formula is C14H25N3O5S2. The van der Waals surface area contributed by atoms with Crippen LogP contribution in [0.1, 0.15) is 32.1 Å². The van der Waals surface area contributed by atoms with Crippen molar-refractivity contribution in [3.05, 3.63) is 0 Å². The van der Waals surface area contributed by atoms with E-state index in [0.717, 1.165) is 25.7 Å². The minimum atomic E-state index is -3.40. The third-order valence-electron chi connectivity index (χ3n) is 5.30. The van der Waals surface area contributed by atoms with Crippen molar-refractivity contribution in [2.75, 3.05) is 31.6 Å². The fourth-order valence-corrected chi connectivity index (χ4v) is 7.04. The van der Waals surface area contributed by atoms with Crippen LogP contribution in [0.15, 0.2) is 0 Å². The van der Waals surface area contributed by atoms with Crippen molar-refractivity contribution in [2.45, 2.75) is 49.4 Å². The maximum absolute atomic E-state index is 12.4. The summed E-state index contributed by atoms with van der Waals surface area (Å²) in [7, 11) is -4.86. The van der Waals surface area contributed by atoms with Gasteiger partial charge in [-0.3, -0.25) is 0 Å². The van der Waals surface area contributed by atoms with Crippen LogP contribution >= 0.6 is 0 Å². The molecule has 1 unspecified atom stereocenters. The zero-order chi connectivity index (χ0) is 17.5. The number of sulfonamides is 1. The number of carbonyl (C=O) groups excluding carboxylic acids is 1. The lowest BCUT2D eigenvalue weighted by Crippen LogP contribution is -2.63. The van der Waals surface area contributed by atoms with Gasteiger partial charge in [0.2, 0.25) is 10.0 Å². The first-order chi connectivity index (χ1) is 11.2. The summed E-state index contributed by atoms with van der Waals surface area (Å²) < 4.78 is 50.4. The minimum absolute atomic E-state index is 0.00591. The van der Waals surface area contributed by atoms with Crippen molar-refractivity contribution in [2.24, 2.45) is 0 Å². The van der Waals surface area contributed by atoms with Gasteiger partial charge < -0.3 is 9.80 Å². The predicted octanol–water partition coefficient (Wildman–Crippen LogP) is -0.228. The number of nitrogens with one attached hydrogen (secondary N) is 1. The van der Waals surface area contributed by atoms with E-state index >= 15 is 0 Å². The second kappa shape index (κ2) is 6.45. The van der Waals surface area contributed by atoms with Gasteiger partial charge in [0, 0.05) is 32.2 Å². The molecule has 2 heterocycles. The van der Waals surface area contributed by atoms with Crippen LogP contribution in [0.25, 0.3) is 0 Å². The Morgan fingerprint density at radius 3 is 2.33 bits per heavy atom. The second-order valence-electron chi connectivity index (χ2n) is 7.12. The molecule has 138 valence electrons. The molecule has 2 aliphatic heterocycles. The third kappa shape index (κ3) is 3.70. The molecule has 2 amide bonds. The molecular weight excluding hydrogens is 354 g/mol. The standard InChI is InChI=1S/C14H25N3O5S2/c1-16(12-6-7-23(19,20)10-12)14(18)17-8-13(9-17)24(21,22)15-11-4-2-3-5-11/h11-13,15H,2-10H2,1H3. The first-order valence-corrected chi connectivity index (χ1v) is 11.8. The Bertz CT molecular complexity index is 694. The predicted molar refractivity (Wildman–Crippen MR) is 89.9 cm³/mol. The van der Waals surface area contributed by atoms with E-state index in [1.807, 2.05) is 0 Å². The highest BCUT2D eigenvalue weighted by Gasteiger charge is 2.43. The molecule has 0 aromatic rings. The smallest absolute Gasteiger partial charge is 0.320 e. The molecule has 0 bridgehead atoms. The largest absolute Gasteiger partial charge is 0.324 e. The Morgan fingerprint density at radius 1 is 1.17 bits per heavy atom. The molecule has 24 heavy (non-hydrogen) atoms. The van der Waals surface area contributed by atoms with Crippen molar-refractivity contribution in [1.82, 2.24) is 14.5 Å². The van der Waals surface area contributed by atoms with E-state index in [-0.39, 0.29) is 42.7 Å². The number of nitrogens with zero attached hydrogens (tertiary/aromatic N) is 2. The van der Waals surface area contributed by atoms with Crippen LogP contribution in [-0.4, -0.2) is 81.6 Å². The average Bonchev–Trinajstić information content (AvgIpc) is 3.04. The van der Waals surface area contributed by atoms with E-state index in [9.17, 15) is 21.6 Å². The summed E-state index contributed by atoms with van der Waals surface area (Å²) in [6.45, 7) is 0.343. The molecule has 1 atom stereocenters. The third-order valence-corrected chi connectivity index (χ3v) is 8.89. The summed E-state index contributed by atoms with van der Waals surface area (Å²) in [6.07, 6.45) is 4.32. The van der Waals surface area contributed by atoms with E-state index in [1.54, 1.807) is 7.05 Å². The molecule has 3 rings (SSSR count). The summed E-state index contributed by atoms with van der Waals surface area (Å²) in [5, 5.41) is -0.567. The summed E-state index contributed by atoms with van der Waals surface area (Å²) >= 11 is 0. The summed E-state index contributed by atoms with van der Waals surface area (Å²) in [4.78, 5) is 15.3. The van der Waals surface area contributed by atoms with Crippen molar-refractivity contribution in [3.8, 4) is 0 Å². The van der Waals surface area contributed by atoms with Gasteiger partial charge in [0.05, 0.1) is 11.5 Å². The van der Waals surface area contributed by atoms with Crippen LogP contribution in [0.3, 0.4) is 0 Å². The molecule has 0 aromatic carbocycles. The van der Waals surface area contributed by atoms with Gasteiger partial charge in [0.25, 0.3) is 0 Å². The van der Waals surface area contributed by atoms with Crippen molar-refractivity contribution < 1.29 is 21.6 Å². The van der Waals surface area contributed by atoms with Gasteiger partial charge in [-0.1, -0.05) is 12.8 Å². The SMILES string of the molecule is CN(C(=O)N1CC(S(=O)(=O)NC2CCCC2)C1)C1CCS(=O)(=O)C1. The Morgan fingerprint density at radius 2 is 1.79 bits per heavy atom. The van der Waals surface area contributed by atoms with Gasteiger partial charge in [-0.05, 0) is 19.3 Å². The Labute approximate surface area is 143 Å². The molecule has 0 aromatic heterocycles. The Kier molecular flexibility index (Phi) is 4.82. The fraction of sp³-hybridized carbons (Fsp3) is 0.929. The minimum Gasteiger partial charge on any atom is -0.324 e. The number of carbonyl (C=O) groups is 1. The number of hydrogen-bond acceptors (Lipinski definition) is 5. The molecule has 1 saturated carbocycles. The molecule has 1 aliphatic carbocycles. The van der Waals surface area contributed by atoms with Gasteiger partial charge in [-0.15, -0.1) is 0 Å². The van der Waals surface area contributed by atoms with Crippen molar-refractivity contribution in [3.63, 3.8) is 0 Å². The maximum Gasteiger partial charge on any atom is 0.320 e. The molecule has 10 heteroatoms. The zero-order valence-electron chi connectivity index (χ0n) is 13.8. The van der Waals surface area contributed by atoms with Crippen molar-refractivity contribution >= 4 is 25.9 Å². The normalized spacial score (nSPS) is 28.0. The first kappa shape index (κ1) is 17.9. The highest BCUT2D eigenvalue weighted by Crippen LogP contribution is 2.24. The number of likely N-dealkylation sites (tertiary alicyclic amines) is 1. The zero-order valence-corrected chi connectivity index (χ0v) is 15.5. The monoisotopic (exact) mass is 379 g/mol. The molecule has 3 aliphatic rings. The van der Waals surface area contributed by atoms with Crippen LogP contribution in [0.4, 0.5) is 4.79 Å². The molecule has 0 spiro atoms. The Hall–Kier alpha value is -0.870. The van der Waals surface area contributed by atoms with E-state index in [1.165, 1.54) is 9.80 Å².